The topological polar surface area (TPSA) is 96.6 Å². The van der Waals surface area contributed by atoms with Gasteiger partial charge in [0, 0.05) is 18.7 Å². The molecule has 0 fully saturated rings. The van der Waals surface area contributed by atoms with Crippen LogP contribution in [0.2, 0.25) is 0 Å². The molecule has 2 rings (SSSR count). The first-order chi connectivity index (χ1) is 9.01. The van der Waals surface area contributed by atoms with Crippen LogP contribution in [0.3, 0.4) is 0 Å². The molecule has 2 unspecified atom stereocenters. The molecule has 6 heteroatoms. The summed E-state index contributed by atoms with van der Waals surface area (Å²) in [6, 6.07) is 3.50. The summed E-state index contributed by atoms with van der Waals surface area (Å²) in [7, 11) is 0. The Bertz CT molecular complexity index is 490. The number of nitrogen functional groups attached to an aromatic ring is 1. The maximum atomic E-state index is 11.3. The number of fused-ring (bicyclic) bond motifs is 1. The third kappa shape index (κ3) is 2.90. The molecule has 1 amide bonds. The minimum atomic E-state index is -0.181. The second-order valence-electron chi connectivity index (χ2n) is 4.87. The fourth-order valence-corrected chi connectivity index (χ4v) is 1.81. The summed E-state index contributed by atoms with van der Waals surface area (Å²) in [5.74, 6) is 0.492. The van der Waals surface area contributed by atoms with Gasteiger partial charge in [-0.15, -0.1) is 0 Å². The summed E-state index contributed by atoms with van der Waals surface area (Å²) in [4.78, 5) is 11.3. The SMILES string of the molecule is CC(CO)C(C)Nc1cc2c(cc1N)OCC(=O)N2. The van der Waals surface area contributed by atoms with Crippen LogP contribution >= 0.6 is 0 Å². The first-order valence-corrected chi connectivity index (χ1v) is 6.25. The minimum absolute atomic E-state index is 0.0111. The van der Waals surface area contributed by atoms with Gasteiger partial charge in [-0.05, 0) is 18.9 Å². The molecule has 1 aromatic carbocycles. The number of nitrogens with one attached hydrogen (secondary N) is 2. The molecule has 0 aliphatic carbocycles. The Morgan fingerprint density at radius 2 is 2.26 bits per heavy atom. The lowest BCUT2D eigenvalue weighted by atomic mass is 10.0. The number of benzene rings is 1. The van der Waals surface area contributed by atoms with E-state index in [1.807, 2.05) is 13.8 Å². The number of hydrogen-bond donors (Lipinski definition) is 4. The van der Waals surface area contributed by atoms with E-state index in [1.54, 1.807) is 12.1 Å². The number of amides is 1. The third-order valence-electron chi connectivity index (χ3n) is 3.31. The number of aliphatic hydroxyl groups excluding tert-OH is 1. The van der Waals surface area contributed by atoms with E-state index in [9.17, 15) is 4.79 Å². The number of carbonyl (C=O) groups excluding carboxylic acids is 1. The Balaban J connectivity index is 2.22. The fraction of sp³-hybridized carbons (Fsp3) is 0.462. The summed E-state index contributed by atoms with van der Waals surface area (Å²) in [6.45, 7) is 4.02. The molecule has 0 saturated carbocycles. The van der Waals surface area contributed by atoms with Crippen molar-refractivity contribution < 1.29 is 14.6 Å². The van der Waals surface area contributed by atoms with Crippen LogP contribution in [0.4, 0.5) is 17.1 Å². The number of nitrogens with two attached hydrogens (primary N) is 1. The highest BCUT2D eigenvalue weighted by Crippen LogP contribution is 2.35. The van der Waals surface area contributed by atoms with E-state index in [1.165, 1.54) is 0 Å². The molecular formula is C13H19N3O3. The first-order valence-electron chi connectivity index (χ1n) is 6.25. The molecule has 1 aromatic rings. The molecule has 1 heterocycles. The normalized spacial score (nSPS) is 16.9. The van der Waals surface area contributed by atoms with Crippen molar-refractivity contribution in [3.63, 3.8) is 0 Å². The average molecular weight is 265 g/mol. The van der Waals surface area contributed by atoms with Crippen LogP contribution in [0.25, 0.3) is 0 Å². The van der Waals surface area contributed by atoms with Crippen molar-refractivity contribution >= 4 is 23.0 Å². The van der Waals surface area contributed by atoms with Crippen molar-refractivity contribution in [2.75, 3.05) is 29.6 Å². The van der Waals surface area contributed by atoms with Gasteiger partial charge in [-0.25, -0.2) is 0 Å². The molecule has 104 valence electrons. The van der Waals surface area contributed by atoms with Gasteiger partial charge in [0.1, 0.15) is 5.75 Å². The van der Waals surface area contributed by atoms with E-state index in [0.29, 0.717) is 17.1 Å². The third-order valence-corrected chi connectivity index (χ3v) is 3.31. The van der Waals surface area contributed by atoms with Crippen molar-refractivity contribution in [1.82, 2.24) is 0 Å². The van der Waals surface area contributed by atoms with Gasteiger partial charge < -0.3 is 26.2 Å². The lowest BCUT2D eigenvalue weighted by Gasteiger charge is -2.24. The number of anilines is 3. The van der Waals surface area contributed by atoms with Gasteiger partial charge in [0.25, 0.3) is 5.91 Å². The number of ether oxygens (including phenoxy) is 1. The van der Waals surface area contributed by atoms with Gasteiger partial charge in [0.2, 0.25) is 0 Å². The molecule has 19 heavy (non-hydrogen) atoms. The predicted molar refractivity (Wildman–Crippen MR) is 74.3 cm³/mol. The van der Waals surface area contributed by atoms with Crippen LogP contribution < -0.4 is 21.1 Å². The van der Waals surface area contributed by atoms with Crippen molar-refractivity contribution in [3.05, 3.63) is 12.1 Å². The Kier molecular flexibility index (Phi) is 3.80. The highest BCUT2D eigenvalue weighted by atomic mass is 16.5. The van der Waals surface area contributed by atoms with Gasteiger partial charge in [0.15, 0.2) is 6.61 Å². The van der Waals surface area contributed by atoms with Gasteiger partial charge in [-0.1, -0.05) is 6.92 Å². The number of rotatable bonds is 4. The predicted octanol–water partition coefficient (Wildman–Crippen LogP) is 1.03. The summed E-state index contributed by atoms with van der Waals surface area (Å²) in [6.07, 6.45) is 0. The standard InChI is InChI=1S/C13H19N3O3/c1-7(5-17)8(2)15-10-4-11-12(3-9(10)14)19-6-13(18)16-11/h3-4,7-8,15,17H,5-6,14H2,1-2H3,(H,16,18). The summed E-state index contributed by atoms with van der Waals surface area (Å²) >= 11 is 0. The van der Waals surface area contributed by atoms with E-state index >= 15 is 0 Å². The largest absolute Gasteiger partial charge is 0.482 e. The van der Waals surface area contributed by atoms with Crippen LogP contribution in [0.15, 0.2) is 12.1 Å². The molecule has 6 nitrogen and oxygen atoms in total. The van der Waals surface area contributed by atoms with Crippen molar-refractivity contribution in [3.8, 4) is 5.75 Å². The molecule has 5 N–H and O–H groups in total. The van der Waals surface area contributed by atoms with Gasteiger partial charge in [-0.2, -0.15) is 0 Å². The first kappa shape index (κ1) is 13.5. The summed E-state index contributed by atoms with van der Waals surface area (Å²) < 4.78 is 5.29. The van der Waals surface area contributed by atoms with E-state index in [2.05, 4.69) is 10.6 Å². The molecule has 0 bridgehead atoms. The quantitative estimate of drug-likeness (QED) is 0.610. The zero-order valence-electron chi connectivity index (χ0n) is 11.1. The van der Waals surface area contributed by atoms with Crippen LogP contribution in [-0.2, 0) is 4.79 Å². The second-order valence-corrected chi connectivity index (χ2v) is 4.87. The maximum Gasteiger partial charge on any atom is 0.262 e. The minimum Gasteiger partial charge on any atom is -0.482 e. The van der Waals surface area contributed by atoms with Gasteiger partial charge >= 0.3 is 0 Å². The molecule has 2 atom stereocenters. The Morgan fingerprint density at radius 1 is 1.53 bits per heavy atom. The molecule has 0 aromatic heterocycles. The lowest BCUT2D eigenvalue weighted by Crippen LogP contribution is -2.28. The molecule has 1 aliphatic rings. The zero-order chi connectivity index (χ0) is 14.0. The molecule has 0 radical (unpaired) electrons. The molecule has 1 aliphatic heterocycles. The maximum absolute atomic E-state index is 11.3. The lowest BCUT2D eigenvalue weighted by molar-refractivity contribution is -0.118. The van der Waals surface area contributed by atoms with Gasteiger partial charge in [0.05, 0.1) is 17.1 Å². The number of hydrogen-bond acceptors (Lipinski definition) is 5. The van der Waals surface area contributed by atoms with E-state index in [-0.39, 0.29) is 31.1 Å². The Labute approximate surface area is 111 Å². The Hall–Kier alpha value is -1.95. The average Bonchev–Trinajstić information content (AvgIpc) is 2.39. The van der Waals surface area contributed by atoms with Crippen LogP contribution in [0.5, 0.6) is 5.75 Å². The molecule has 0 saturated heterocycles. The fourth-order valence-electron chi connectivity index (χ4n) is 1.81. The highest BCUT2D eigenvalue weighted by Gasteiger charge is 2.19. The van der Waals surface area contributed by atoms with Gasteiger partial charge in [-0.3, -0.25) is 4.79 Å². The monoisotopic (exact) mass is 265 g/mol. The number of aliphatic hydroxyl groups is 1. The van der Waals surface area contributed by atoms with E-state index in [0.717, 1.165) is 5.69 Å². The Morgan fingerprint density at radius 3 is 2.95 bits per heavy atom. The molecule has 0 spiro atoms. The van der Waals surface area contributed by atoms with Crippen molar-refractivity contribution in [2.24, 2.45) is 5.92 Å². The second kappa shape index (κ2) is 5.36. The van der Waals surface area contributed by atoms with Crippen molar-refractivity contribution in [1.29, 1.82) is 0 Å². The zero-order valence-corrected chi connectivity index (χ0v) is 11.1. The number of carbonyl (C=O) groups is 1. The van der Waals surface area contributed by atoms with Crippen molar-refractivity contribution in [2.45, 2.75) is 19.9 Å². The highest BCUT2D eigenvalue weighted by molar-refractivity contribution is 5.97. The summed E-state index contributed by atoms with van der Waals surface area (Å²) in [5, 5.41) is 15.1. The van der Waals surface area contributed by atoms with E-state index < -0.39 is 0 Å². The summed E-state index contributed by atoms with van der Waals surface area (Å²) in [5.41, 5.74) is 7.83. The van der Waals surface area contributed by atoms with E-state index in [4.69, 9.17) is 15.6 Å². The molecular weight excluding hydrogens is 246 g/mol. The van der Waals surface area contributed by atoms with Crippen LogP contribution in [0.1, 0.15) is 13.8 Å². The van der Waals surface area contributed by atoms with Crippen LogP contribution in [0, 0.1) is 5.92 Å². The smallest absolute Gasteiger partial charge is 0.262 e. The van der Waals surface area contributed by atoms with Crippen LogP contribution in [-0.4, -0.2) is 30.3 Å².